The molecule has 0 aliphatic rings. The Kier molecular flexibility index (Phi) is 13.8. The fraction of sp³-hybridized carbons (Fsp3) is 0.562. The van der Waals surface area contributed by atoms with E-state index in [1.807, 2.05) is 12.1 Å². The molecule has 0 aliphatic carbocycles. The topological polar surface area (TPSA) is 48.9 Å². The molecule has 0 aromatic heterocycles. The normalized spacial score (nSPS) is 11.3. The highest BCUT2D eigenvalue weighted by Crippen LogP contribution is 2.11. The van der Waals surface area contributed by atoms with E-state index in [2.05, 4.69) is 55.6 Å². The summed E-state index contributed by atoms with van der Waals surface area (Å²) in [6.07, 6.45) is 1.06. The summed E-state index contributed by atoms with van der Waals surface area (Å²) in [6, 6.07) is 8.25. The first kappa shape index (κ1) is 22.6. The minimum absolute atomic E-state index is 0. The quantitative estimate of drug-likeness (QED) is 0.238. The fourth-order valence-corrected chi connectivity index (χ4v) is 2.46. The number of nitrogens with one attached hydrogen (secondary N) is 2. The molecule has 0 atom stereocenters. The zero-order valence-corrected chi connectivity index (χ0v) is 18.1. The molecule has 23 heavy (non-hydrogen) atoms. The summed E-state index contributed by atoms with van der Waals surface area (Å²) in [4.78, 5) is 6.53. The zero-order chi connectivity index (χ0) is 16.2. The molecule has 0 unspecified atom stereocenters. The predicted molar refractivity (Wildman–Crippen MR) is 112 cm³/mol. The number of halogens is 2. The highest BCUT2D eigenvalue weighted by atomic mass is 127. The van der Waals surface area contributed by atoms with Gasteiger partial charge in [0.2, 0.25) is 0 Å². The van der Waals surface area contributed by atoms with Crippen molar-refractivity contribution in [3.63, 3.8) is 0 Å². The molecule has 1 rings (SSSR count). The second kappa shape index (κ2) is 14.0. The van der Waals surface area contributed by atoms with E-state index >= 15 is 0 Å². The SMILES string of the molecule is CN=C(NCCN(C)CCCOC)NCc1cccc(Br)c1.I. The maximum Gasteiger partial charge on any atom is 0.191 e. The number of likely N-dealkylation sites (N-methyl/N-ethyl adjacent to an activating group) is 1. The highest BCUT2D eigenvalue weighted by Gasteiger charge is 2.01. The van der Waals surface area contributed by atoms with Crippen molar-refractivity contribution < 1.29 is 4.74 Å². The van der Waals surface area contributed by atoms with Crippen molar-refractivity contribution in [1.82, 2.24) is 15.5 Å². The lowest BCUT2D eigenvalue weighted by Gasteiger charge is -2.18. The first-order valence-electron chi connectivity index (χ1n) is 7.52. The third-order valence-electron chi connectivity index (χ3n) is 3.25. The standard InChI is InChI=1S/C16H27BrN4O.HI/c1-18-16(19-8-10-21(2)9-5-11-22-3)20-13-14-6-4-7-15(17)12-14;/h4,6-7,12H,5,8-11,13H2,1-3H3,(H2,18,19,20);1H. The van der Waals surface area contributed by atoms with Crippen molar-refractivity contribution in [2.24, 2.45) is 4.99 Å². The Labute approximate surface area is 165 Å². The Hall–Kier alpha value is -0.380. The maximum atomic E-state index is 5.06. The largest absolute Gasteiger partial charge is 0.385 e. The van der Waals surface area contributed by atoms with E-state index in [0.717, 1.165) is 49.6 Å². The zero-order valence-electron chi connectivity index (χ0n) is 14.1. The van der Waals surface area contributed by atoms with Gasteiger partial charge >= 0.3 is 0 Å². The van der Waals surface area contributed by atoms with Gasteiger partial charge in [0.25, 0.3) is 0 Å². The third-order valence-corrected chi connectivity index (χ3v) is 3.74. The molecule has 0 bridgehead atoms. The molecular formula is C16H28BrIN4O. The van der Waals surface area contributed by atoms with E-state index < -0.39 is 0 Å². The number of ether oxygens (including phenoxy) is 1. The number of methoxy groups -OCH3 is 1. The molecule has 0 fully saturated rings. The van der Waals surface area contributed by atoms with Gasteiger partial charge in [0.1, 0.15) is 0 Å². The molecule has 0 aliphatic heterocycles. The third kappa shape index (κ3) is 10.9. The van der Waals surface area contributed by atoms with Crippen molar-refractivity contribution >= 4 is 45.9 Å². The molecule has 0 spiro atoms. The minimum Gasteiger partial charge on any atom is -0.385 e. The van der Waals surface area contributed by atoms with Gasteiger partial charge in [-0.1, -0.05) is 28.1 Å². The summed E-state index contributed by atoms with van der Waals surface area (Å²) in [5.41, 5.74) is 1.22. The number of hydrogen-bond acceptors (Lipinski definition) is 3. The first-order valence-corrected chi connectivity index (χ1v) is 8.31. The van der Waals surface area contributed by atoms with Crippen LogP contribution in [0.15, 0.2) is 33.7 Å². The molecule has 132 valence electrons. The second-order valence-electron chi connectivity index (χ2n) is 5.13. The van der Waals surface area contributed by atoms with Crippen molar-refractivity contribution in [2.75, 3.05) is 47.4 Å². The van der Waals surface area contributed by atoms with Crippen LogP contribution < -0.4 is 10.6 Å². The van der Waals surface area contributed by atoms with Gasteiger partial charge < -0.3 is 20.3 Å². The van der Waals surface area contributed by atoms with Crippen LogP contribution in [0.4, 0.5) is 0 Å². The van der Waals surface area contributed by atoms with Crippen LogP contribution in [0, 0.1) is 0 Å². The lowest BCUT2D eigenvalue weighted by Crippen LogP contribution is -2.40. The molecule has 5 nitrogen and oxygen atoms in total. The van der Waals surface area contributed by atoms with Crippen molar-refractivity contribution in [3.05, 3.63) is 34.3 Å². The summed E-state index contributed by atoms with van der Waals surface area (Å²) in [6.45, 7) is 4.44. The number of rotatable bonds is 9. The molecule has 0 saturated heterocycles. The van der Waals surface area contributed by atoms with Crippen LogP contribution in [-0.4, -0.2) is 58.3 Å². The average molecular weight is 499 g/mol. The number of aliphatic imine (C=N–C) groups is 1. The summed E-state index contributed by atoms with van der Waals surface area (Å²) < 4.78 is 6.15. The number of hydrogen-bond donors (Lipinski definition) is 2. The molecule has 0 amide bonds. The number of guanidine groups is 1. The summed E-state index contributed by atoms with van der Waals surface area (Å²) >= 11 is 3.48. The number of nitrogens with zero attached hydrogens (tertiary/aromatic N) is 2. The summed E-state index contributed by atoms with van der Waals surface area (Å²) in [7, 11) is 5.65. The molecule has 0 saturated carbocycles. The fourth-order valence-electron chi connectivity index (χ4n) is 2.01. The molecule has 7 heteroatoms. The maximum absolute atomic E-state index is 5.06. The number of benzene rings is 1. The van der Waals surface area contributed by atoms with Gasteiger partial charge in [-0.15, -0.1) is 24.0 Å². The molecule has 0 heterocycles. The Morgan fingerprint density at radius 1 is 1.30 bits per heavy atom. The van der Waals surface area contributed by atoms with Crippen LogP contribution in [0.5, 0.6) is 0 Å². The van der Waals surface area contributed by atoms with Crippen LogP contribution in [0.25, 0.3) is 0 Å². The van der Waals surface area contributed by atoms with E-state index in [4.69, 9.17) is 4.74 Å². The van der Waals surface area contributed by atoms with Crippen LogP contribution in [0.3, 0.4) is 0 Å². The Morgan fingerprint density at radius 2 is 2.09 bits per heavy atom. The summed E-state index contributed by atoms with van der Waals surface area (Å²) in [5, 5.41) is 6.65. The molecule has 1 aromatic carbocycles. The van der Waals surface area contributed by atoms with Crippen molar-refractivity contribution in [3.8, 4) is 0 Å². The van der Waals surface area contributed by atoms with Crippen LogP contribution >= 0.6 is 39.9 Å². The average Bonchev–Trinajstić information content (AvgIpc) is 2.51. The second-order valence-corrected chi connectivity index (χ2v) is 6.05. The van der Waals surface area contributed by atoms with Gasteiger partial charge in [-0.05, 0) is 31.2 Å². The molecule has 2 N–H and O–H groups in total. The molecule has 0 radical (unpaired) electrons. The van der Waals surface area contributed by atoms with Gasteiger partial charge in [-0.3, -0.25) is 4.99 Å². The van der Waals surface area contributed by atoms with Gasteiger partial charge in [0.15, 0.2) is 5.96 Å². The van der Waals surface area contributed by atoms with E-state index in [1.54, 1.807) is 14.2 Å². The van der Waals surface area contributed by atoms with E-state index in [-0.39, 0.29) is 24.0 Å². The Bertz CT molecular complexity index is 459. The molecule has 1 aromatic rings. The monoisotopic (exact) mass is 498 g/mol. The smallest absolute Gasteiger partial charge is 0.191 e. The van der Waals surface area contributed by atoms with Gasteiger partial charge in [-0.2, -0.15) is 0 Å². The van der Waals surface area contributed by atoms with Crippen LogP contribution in [0.1, 0.15) is 12.0 Å². The van der Waals surface area contributed by atoms with E-state index in [0.29, 0.717) is 0 Å². The Balaban J connectivity index is 0.00000484. The predicted octanol–water partition coefficient (Wildman–Crippen LogP) is 2.70. The van der Waals surface area contributed by atoms with Gasteiger partial charge in [0.05, 0.1) is 0 Å². The van der Waals surface area contributed by atoms with Gasteiger partial charge in [-0.25, -0.2) is 0 Å². The van der Waals surface area contributed by atoms with E-state index in [1.165, 1.54) is 5.56 Å². The minimum atomic E-state index is 0. The molecular weight excluding hydrogens is 471 g/mol. The lowest BCUT2D eigenvalue weighted by molar-refractivity contribution is 0.180. The van der Waals surface area contributed by atoms with Crippen molar-refractivity contribution in [1.29, 1.82) is 0 Å². The summed E-state index contributed by atoms with van der Waals surface area (Å²) in [5.74, 6) is 0.824. The Morgan fingerprint density at radius 3 is 2.74 bits per heavy atom. The van der Waals surface area contributed by atoms with E-state index in [9.17, 15) is 0 Å². The lowest BCUT2D eigenvalue weighted by atomic mass is 10.2. The van der Waals surface area contributed by atoms with Crippen LogP contribution in [0.2, 0.25) is 0 Å². The first-order chi connectivity index (χ1) is 10.7. The van der Waals surface area contributed by atoms with Crippen molar-refractivity contribution in [2.45, 2.75) is 13.0 Å². The van der Waals surface area contributed by atoms with Crippen LogP contribution in [-0.2, 0) is 11.3 Å². The van der Waals surface area contributed by atoms with Gasteiger partial charge in [0, 0.05) is 51.4 Å². The highest BCUT2D eigenvalue weighted by molar-refractivity contribution is 14.0.